The highest BCUT2D eigenvalue weighted by molar-refractivity contribution is 5.69. The minimum absolute atomic E-state index is 0.263. The van der Waals surface area contributed by atoms with Crippen molar-refractivity contribution in [2.45, 2.75) is 72.8 Å². The van der Waals surface area contributed by atoms with E-state index in [9.17, 15) is 14.7 Å². The summed E-state index contributed by atoms with van der Waals surface area (Å²) in [7, 11) is 0. The van der Waals surface area contributed by atoms with Gasteiger partial charge in [-0.3, -0.25) is 0 Å². The summed E-state index contributed by atoms with van der Waals surface area (Å²) in [6.07, 6.45) is -1.39. The van der Waals surface area contributed by atoms with Crippen molar-refractivity contribution in [2.24, 2.45) is 0 Å². The zero-order valence-corrected chi connectivity index (χ0v) is 27.1. The number of nitrogens with one attached hydrogen (secondary N) is 1. The minimum Gasteiger partial charge on any atom is -0.444 e. The maximum atomic E-state index is 12.4. The summed E-state index contributed by atoms with van der Waals surface area (Å²) in [6, 6.07) is 12.3. The highest BCUT2D eigenvalue weighted by atomic mass is 16.6. The van der Waals surface area contributed by atoms with Gasteiger partial charge in [-0.25, -0.2) is 9.59 Å². The Balaban J connectivity index is 1.31. The van der Waals surface area contributed by atoms with Crippen molar-refractivity contribution in [1.29, 1.82) is 0 Å². The van der Waals surface area contributed by atoms with Crippen LogP contribution in [0.25, 0.3) is 0 Å². The van der Waals surface area contributed by atoms with Gasteiger partial charge >= 0.3 is 12.2 Å². The normalized spacial score (nSPS) is 17.0. The van der Waals surface area contributed by atoms with E-state index in [2.05, 4.69) is 33.3 Å². The number of aryl methyl sites for hydroxylation is 2. The molecule has 2 aliphatic heterocycles. The maximum absolute atomic E-state index is 12.4. The molecule has 2 fully saturated rings. The number of aliphatic hydroxyl groups is 1. The number of piperazine rings is 2. The number of nitrogens with zero attached hydrogens (tertiary/aromatic N) is 4. The lowest BCUT2D eigenvalue weighted by Gasteiger charge is -2.37. The van der Waals surface area contributed by atoms with Crippen LogP contribution >= 0.6 is 0 Å². The first-order valence-electron chi connectivity index (χ1n) is 15.2. The Morgan fingerprint density at radius 3 is 1.51 bits per heavy atom. The molecule has 0 aromatic heterocycles. The van der Waals surface area contributed by atoms with Gasteiger partial charge in [0.2, 0.25) is 0 Å². The van der Waals surface area contributed by atoms with Gasteiger partial charge in [0.25, 0.3) is 0 Å². The first-order valence-corrected chi connectivity index (χ1v) is 15.2. The summed E-state index contributed by atoms with van der Waals surface area (Å²) < 4.78 is 11.0. The van der Waals surface area contributed by atoms with Crippen molar-refractivity contribution in [1.82, 2.24) is 9.80 Å². The number of rotatable bonds is 5. The molecular formula is C33H49N5O5. The largest absolute Gasteiger partial charge is 0.444 e. The van der Waals surface area contributed by atoms with Gasteiger partial charge in [-0.1, -0.05) is 6.07 Å². The van der Waals surface area contributed by atoms with E-state index in [4.69, 9.17) is 9.47 Å². The zero-order chi connectivity index (χ0) is 31.5. The Labute approximate surface area is 256 Å². The van der Waals surface area contributed by atoms with Crippen LogP contribution in [0.15, 0.2) is 36.4 Å². The number of hydrogen-bond donors (Lipinski definition) is 2. The molecule has 0 saturated carbocycles. The van der Waals surface area contributed by atoms with Gasteiger partial charge in [0.05, 0.1) is 0 Å². The molecule has 2 saturated heterocycles. The van der Waals surface area contributed by atoms with Crippen LogP contribution in [0.1, 0.15) is 64.5 Å². The van der Waals surface area contributed by atoms with Gasteiger partial charge in [0, 0.05) is 75.0 Å². The van der Waals surface area contributed by atoms with Crippen molar-refractivity contribution in [3.05, 3.63) is 53.1 Å². The molecule has 236 valence electrons. The Morgan fingerprint density at radius 1 is 0.698 bits per heavy atom. The Bertz CT molecular complexity index is 1290. The number of ether oxygens (including phenoxy) is 2. The molecule has 2 aromatic rings. The molecule has 0 bridgehead atoms. The molecule has 43 heavy (non-hydrogen) atoms. The smallest absolute Gasteiger partial charge is 0.410 e. The lowest BCUT2D eigenvalue weighted by atomic mass is 10.0. The lowest BCUT2D eigenvalue weighted by Crippen LogP contribution is -2.50. The number of aliphatic hydroxyl groups excluding tert-OH is 1. The molecule has 2 heterocycles. The maximum Gasteiger partial charge on any atom is 0.410 e. The van der Waals surface area contributed by atoms with Crippen LogP contribution in [0.3, 0.4) is 0 Å². The van der Waals surface area contributed by atoms with Gasteiger partial charge in [-0.05, 0) is 96.8 Å². The van der Waals surface area contributed by atoms with Crippen LogP contribution in [0.4, 0.5) is 26.7 Å². The molecule has 2 N–H and O–H groups in total. The van der Waals surface area contributed by atoms with E-state index in [0.717, 1.165) is 59.9 Å². The quantitative estimate of drug-likeness (QED) is 0.436. The predicted molar refractivity (Wildman–Crippen MR) is 171 cm³/mol. The van der Waals surface area contributed by atoms with E-state index >= 15 is 0 Å². The molecule has 10 heteroatoms. The summed E-state index contributed by atoms with van der Waals surface area (Å²) in [5.41, 5.74) is 4.87. The van der Waals surface area contributed by atoms with E-state index in [1.54, 1.807) is 9.80 Å². The number of anilines is 3. The highest BCUT2D eigenvalue weighted by Gasteiger charge is 2.28. The number of amides is 2. The zero-order valence-electron chi connectivity index (χ0n) is 27.1. The number of carbonyl (C=O) groups excluding carboxylic acids is 2. The van der Waals surface area contributed by atoms with Crippen LogP contribution < -0.4 is 15.1 Å². The minimum atomic E-state index is -0.861. The average molecular weight is 596 g/mol. The predicted octanol–water partition coefficient (Wildman–Crippen LogP) is 5.52. The Kier molecular flexibility index (Phi) is 9.69. The van der Waals surface area contributed by atoms with Crippen LogP contribution in [-0.4, -0.2) is 90.7 Å². The van der Waals surface area contributed by atoms with Gasteiger partial charge in [0.15, 0.2) is 6.23 Å². The third-order valence-electron chi connectivity index (χ3n) is 7.64. The molecule has 10 nitrogen and oxygen atoms in total. The monoisotopic (exact) mass is 595 g/mol. The molecule has 0 spiro atoms. The fraction of sp³-hybridized carbons (Fsp3) is 0.576. The summed E-state index contributed by atoms with van der Waals surface area (Å²) in [5.74, 6) is 0. The van der Waals surface area contributed by atoms with Crippen molar-refractivity contribution < 1.29 is 24.2 Å². The molecule has 2 aromatic carbocycles. The summed E-state index contributed by atoms with van der Waals surface area (Å²) in [6.45, 7) is 20.7. The summed E-state index contributed by atoms with van der Waals surface area (Å²) in [5, 5.41) is 14.4. The van der Waals surface area contributed by atoms with Crippen molar-refractivity contribution in [3.63, 3.8) is 0 Å². The van der Waals surface area contributed by atoms with Crippen LogP contribution in [0.5, 0.6) is 0 Å². The first-order chi connectivity index (χ1) is 20.1. The van der Waals surface area contributed by atoms with Crippen LogP contribution in [-0.2, 0) is 9.47 Å². The molecule has 1 atom stereocenters. The van der Waals surface area contributed by atoms with Crippen molar-refractivity contribution >= 4 is 29.2 Å². The van der Waals surface area contributed by atoms with E-state index < -0.39 is 17.4 Å². The average Bonchev–Trinajstić information content (AvgIpc) is 2.92. The van der Waals surface area contributed by atoms with Crippen LogP contribution in [0, 0.1) is 13.8 Å². The van der Waals surface area contributed by atoms with Crippen molar-refractivity contribution in [2.75, 3.05) is 67.5 Å². The van der Waals surface area contributed by atoms with Crippen LogP contribution in [0.2, 0.25) is 0 Å². The van der Waals surface area contributed by atoms with Gasteiger partial charge < -0.3 is 39.5 Å². The second kappa shape index (κ2) is 12.9. The first kappa shape index (κ1) is 32.3. The van der Waals surface area contributed by atoms with E-state index in [1.165, 1.54) is 0 Å². The second-order valence-electron chi connectivity index (χ2n) is 13.5. The van der Waals surface area contributed by atoms with E-state index in [0.29, 0.717) is 26.2 Å². The molecule has 2 aliphatic rings. The van der Waals surface area contributed by atoms with Gasteiger partial charge in [-0.15, -0.1) is 0 Å². The molecular weight excluding hydrogens is 546 g/mol. The Hall–Kier alpha value is -3.66. The molecule has 4 rings (SSSR count). The van der Waals surface area contributed by atoms with E-state index in [1.807, 2.05) is 73.6 Å². The highest BCUT2D eigenvalue weighted by Crippen LogP contribution is 2.29. The van der Waals surface area contributed by atoms with Crippen molar-refractivity contribution in [3.8, 4) is 0 Å². The summed E-state index contributed by atoms with van der Waals surface area (Å²) in [4.78, 5) is 32.9. The fourth-order valence-corrected chi connectivity index (χ4v) is 5.34. The number of hydrogen-bond acceptors (Lipinski definition) is 8. The van der Waals surface area contributed by atoms with E-state index in [-0.39, 0.29) is 12.2 Å². The molecule has 0 aliphatic carbocycles. The lowest BCUT2D eigenvalue weighted by molar-refractivity contribution is 0.0230. The number of carbonyl (C=O) groups is 2. The topological polar surface area (TPSA) is 97.8 Å². The second-order valence-corrected chi connectivity index (χ2v) is 13.5. The standard InChI is InChI=1S/C33H49N5O5/c1-23-21-25(35-13-17-37(18-14-35)30(40)42-32(3,4)5)9-11-27(23)29(39)34-28-12-10-26(22-24(28)2)36-15-19-38(20-16-36)31(41)43-33(6,7)8/h9-12,21-22,29,34,39H,13-20H2,1-8H3. The number of benzene rings is 2. The summed E-state index contributed by atoms with van der Waals surface area (Å²) >= 11 is 0. The van der Waals surface area contributed by atoms with Gasteiger partial charge in [0.1, 0.15) is 11.2 Å². The Morgan fingerprint density at radius 2 is 1.12 bits per heavy atom. The molecule has 0 radical (unpaired) electrons. The molecule has 1 unspecified atom stereocenters. The fourth-order valence-electron chi connectivity index (χ4n) is 5.34. The SMILES string of the molecule is Cc1cc(N2CCN(C(=O)OC(C)(C)C)CC2)ccc1NC(O)c1ccc(N2CCN(C(=O)OC(C)(C)C)CC2)cc1C. The molecule has 2 amide bonds. The third kappa shape index (κ3) is 8.69. The van der Waals surface area contributed by atoms with Gasteiger partial charge in [-0.2, -0.15) is 0 Å². The third-order valence-corrected chi connectivity index (χ3v) is 7.64.